The van der Waals surface area contributed by atoms with E-state index in [4.69, 9.17) is 0 Å². The van der Waals surface area contributed by atoms with Crippen molar-refractivity contribution in [2.75, 3.05) is 32.8 Å². The van der Waals surface area contributed by atoms with E-state index in [1.165, 1.54) is 12.1 Å². The van der Waals surface area contributed by atoms with Crippen LogP contribution in [0.2, 0.25) is 0 Å². The highest BCUT2D eigenvalue weighted by molar-refractivity contribution is 5.21. The van der Waals surface area contributed by atoms with Crippen molar-refractivity contribution in [1.82, 2.24) is 15.8 Å². The van der Waals surface area contributed by atoms with Gasteiger partial charge in [0.2, 0.25) is 0 Å². The molecule has 0 spiro atoms. The lowest BCUT2D eigenvalue weighted by atomic mass is 9.91. The fourth-order valence-corrected chi connectivity index (χ4v) is 3.49. The molecule has 0 amide bonds. The van der Waals surface area contributed by atoms with E-state index in [-0.39, 0.29) is 24.4 Å². The van der Waals surface area contributed by atoms with Gasteiger partial charge < -0.3 is 15.1 Å². The van der Waals surface area contributed by atoms with E-state index in [1.54, 1.807) is 0 Å². The predicted molar refractivity (Wildman–Crippen MR) is 81.4 cm³/mol. The van der Waals surface area contributed by atoms with E-state index in [1.807, 2.05) is 12.1 Å². The van der Waals surface area contributed by atoms with Crippen molar-refractivity contribution in [3.63, 3.8) is 0 Å². The molecule has 4 atom stereocenters. The average molecular weight is 309 g/mol. The molecule has 2 saturated heterocycles. The molecule has 1 aromatic rings. The third kappa shape index (κ3) is 3.47. The maximum Gasteiger partial charge on any atom is 0.123 e. The molecule has 1 aromatic carbocycles. The number of hydrogen-bond donors (Lipinski definition) is 4. The molecule has 0 aromatic heterocycles. The maximum atomic E-state index is 13.1. The minimum atomic E-state index is -0.453. The molecule has 3 rings (SSSR count). The Hall–Kier alpha value is -1.05. The number of rotatable bonds is 4. The minimum absolute atomic E-state index is 0.00368. The van der Waals surface area contributed by atoms with Crippen molar-refractivity contribution in [3.8, 4) is 0 Å². The van der Waals surface area contributed by atoms with E-state index in [0.29, 0.717) is 12.5 Å². The van der Waals surface area contributed by atoms with Crippen molar-refractivity contribution < 1.29 is 14.6 Å². The first-order valence-corrected chi connectivity index (χ1v) is 7.92. The highest BCUT2D eigenvalue weighted by Gasteiger charge is 2.33. The molecule has 0 radical (unpaired) electrons. The molecule has 122 valence electrons. The van der Waals surface area contributed by atoms with Gasteiger partial charge in [0.1, 0.15) is 5.82 Å². The molecule has 2 aliphatic rings. The number of halogens is 1. The third-order valence-corrected chi connectivity index (χ3v) is 4.86. The summed E-state index contributed by atoms with van der Waals surface area (Å²) in [6, 6.07) is 6.76. The second-order valence-corrected chi connectivity index (χ2v) is 6.37. The molecule has 0 aliphatic carbocycles. The minimum Gasteiger partial charge on any atom is -0.396 e. The van der Waals surface area contributed by atoms with Gasteiger partial charge in [0.25, 0.3) is 0 Å². The Morgan fingerprint density at radius 2 is 2.00 bits per heavy atom. The van der Waals surface area contributed by atoms with Crippen molar-refractivity contribution in [2.45, 2.75) is 18.6 Å². The van der Waals surface area contributed by atoms with Crippen LogP contribution in [0.4, 0.5) is 4.39 Å². The zero-order chi connectivity index (χ0) is 15.5. The second-order valence-electron chi connectivity index (χ2n) is 6.37. The van der Waals surface area contributed by atoms with Crippen molar-refractivity contribution in [1.29, 1.82) is 0 Å². The average Bonchev–Trinajstić information content (AvgIpc) is 2.96. The topological polar surface area (TPSA) is 67.8 Å². The van der Waals surface area contributed by atoms with Gasteiger partial charge in [-0.3, -0.25) is 5.43 Å². The van der Waals surface area contributed by atoms with E-state index >= 15 is 0 Å². The molecule has 0 bridgehead atoms. The normalized spacial score (nSPS) is 33.2. The van der Waals surface area contributed by atoms with Crippen LogP contribution in [0.3, 0.4) is 0 Å². The highest BCUT2D eigenvalue weighted by atomic mass is 19.1. The molecule has 6 heteroatoms. The number of benzene rings is 1. The second kappa shape index (κ2) is 7.02. The number of hydrogen-bond acceptors (Lipinski definition) is 5. The fourth-order valence-electron chi connectivity index (χ4n) is 3.49. The van der Waals surface area contributed by atoms with Crippen LogP contribution in [-0.2, 0) is 0 Å². The van der Waals surface area contributed by atoms with Crippen LogP contribution in [-0.4, -0.2) is 54.0 Å². The van der Waals surface area contributed by atoms with Crippen LogP contribution < -0.4 is 10.9 Å². The van der Waals surface area contributed by atoms with Crippen molar-refractivity contribution >= 4 is 0 Å². The summed E-state index contributed by atoms with van der Waals surface area (Å²) in [7, 11) is 0. The van der Waals surface area contributed by atoms with E-state index < -0.39 is 6.10 Å². The third-order valence-electron chi connectivity index (χ3n) is 4.86. The smallest absolute Gasteiger partial charge is 0.123 e. The van der Waals surface area contributed by atoms with Crippen LogP contribution in [0.15, 0.2) is 24.3 Å². The van der Waals surface area contributed by atoms with Crippen LogP contribution in [0.25, 0.3) is 0 Å². The Bertz CT molecular complexity index is 485. The maximum absolute atomic E-state index is 13.1. The Labute approximate surface area is 130 Å². The molecular formula is C16H24FN3O2. The molecule has 0 saturated carbocycles. The first-order chi connectivity index (χ1) is 10.7. The Kier molecular flexibility index (Phi) is 5.05. The number of aliphatic hydroxyl groups excluding tert-OH is 2. The van der Waals surface area contributed by atoms with Gasteiger partial charge in [0.15, 0.2) is 0 Å². The molecule has 2 aliphatic heterocycles. The van der Waals surface area contributed by atoms with Crippen LogP contribution >= 0.6 is 0 Å². The van der Waals surface area contributed by atoms with Gasteiger partial charge in [-0.05, 0) is 30.7 Å². The number of nitrogens with one attached hydrogen (secondary N) is 2. The number of β-amino-alcohol motifs (C(OH)–C–C–N with tert-alkyl or cyclic N) is 1. The van der Waals surface area contributed by atoms with E-state index in [2.05, 4.69) is 15.8 Å². The summed E-state index contributed by atoms with van der Waals surface area (Å²) in [5.41, 5.74) is 7.52. The van der Waals surface area contributed by atoms with Gasteiger partial charge >= 0.3 is 0 Å². The standard InChI is InChI=1S/C16H24FN3O2/c17-14-3-1-11(2-4-14)16-13(7-18-19-16)8-20-6-5-12(10-21)15(22)9-20/h1-4,12-13,15-16,18-19,21-22H,5-10H2/t12-,13?,15-,16?/m1/s1. The van der Waals surface area contributed by atoms with E-state index in [9.17, 15) is 14.6 Å². The first-order valence-electron chi connectivity index (χ1n) is 7.92. The van der Waals surface area contributed by atoms with Crippen LogP contribution in [0, 0.1) is 17.7 Å². The zero-order valence-corrected chi connectivity index (χ0v) is 12.6. The molecule has 22 heavy (non-hydrogen) atoms. The number of piperidine rings is 1. The summed E-state index contributed by atoms with van der Waals surface area (Å²) < 4.78 is 13.1. The van der Waals surface area contributed by atoms with Gasteiger partial charge in [-0.15, -0.1) is 0 Å². The Morgan fingerprint density at radius 3 is 2.68 bits per heavy atom. The van der Waals surface area contributed by atoms with Gasteiger partial charge in [0, 0.05) is 38.1 Å². The zero-order valence-electron chi connectivity index (χ0n) is 12.6. The quantitative estimate of drug-likeness (QED) is 0.643. The van der Waals surface area contributed by atoms with Gasteiger partial charge in [-0.25, -0.2) is 9.82 Å². The monoisotopic (exact) mass is 309 g/mol. The SMILES string of the molecule is OC[C@H]1CCN(CC2CNNC2c2ccc(F)cc2)C[C@H]1O. The number of aliphatic hydroxyl groups is 2. The van der Waals surface area contributed by atoms with Gasteiger partial charge in [-0.1, -0.05) is 12.1 Å². The molecule has 2 heterocycles. The lowest BCUT2D eigenvalue weighted by Crippen LogP contribution is -2.47. The fraction of sp³-hybridized carbons (Fsp3) is 0.625. The van der Waals surface area contributed by atoms with Crippen molar-refractivity contribution in [3.05, 3.63) is 35.6 Å². The summed E-state index contributed by atoms with van der Waals surface area (Å²) in [6.45, 7) is 3.28. The molecular weight excluding hydrogens is 285 g/mol. The van der Waals surface area contributed by atoms with Crippen LogP contribution in [0.5, 0.6) is 0 Å². The highest BCUT2D eigenvalue weighted by Crippen LogP contribution is 2.27. The van der Waals surface area contributed by atoms with Gasteiger partial charge in [0.05, 0.1) is 12.1 Å². The molecule has 5 nitrogen and oxygen atoms in total. The Balaban J connectivity index is 1.61. The Morgan fingerprint density at radius 1 is 1.23 bits per heavy atom. The van der Waals surface area contributed by atoms with Crippen molar-refractivity contribution in [2.24, 2.45) is 11.8 Å². The first kappa shape index (κ1) is 15.8. The molecule has 2 unspecified atom stereocenters. The largest absolute Gasteiger partial charge is 0.396 e. The lowest BCUT2D eigenvalue weighted by molar-refractivity contribution is -0.00640. The predicted octanol–water partition coefficient (Wildman–Crippen LogP) is 0.266. The van der Waals surface area contributed by atoms with E-state index in [0.717, 1.165) is 31.6 Å². The number of nitrogens with zero attached hydrogens (tertiary/aromatic N) is 1. The summed E-state index contributed by atoms with van der Waals surface area (Å²) in [5.74, 6) is 0.146. The molecule has 4 N–H and O–H groups in total. The lowest BCUT2D eigenvalue weighted by Gasteiger charge is -2.37. The van der Waals surface area contributed by atoms with Gasteiger partial charge in [-0.2, -0.15) is 0 Å². The van der Waals surface area contributed by atoms with Crippen LogP contribution in [0.1, 0.15) is 18.0 Å². The molecule has 2 fully saturated rings. The number of hydrazine groups is 1. The summed E-state index contributed by atoms with van der Waals surface area (Å²) in [4.78, 5) is 2.26. The summed E-state index contributed by atoms with van der Waals surface area (Å²) >= 11 is 0. The summed E-state index contributed by atoms with van der Waals surface area (Å²) in [5, 5.41) is 19.3. The number of likely N-dealkylation sites (tertiary alicyclic amines) is 1. The summed E-state index contributed by atoms with van der Waals surface area (Å²) in [6.07, 6.45) is 0.372.